The maximum atomic E-state index is 12.9. The van der Waals surface area contributed by atoms with Crippen LogP contribution in [0.4, 0.5) is 10.5 Å². The van der Waals surface area contributed by atoms with E-state index in [-0.39, 0.29) is 18.4 Å². The van der Waals surface area contributed by atoms with Crippen LogP contribution in [-0.2, 0) is 16.6 Å². The van der Waals surface area contributed by atoms with Crippen LogP contribution in [0.2, 0.25) is 0 Å². The molecule has 0 unspecified atom stereocenters. The molecule has 136 valence electrons. The molecule has 2 N–H and O–H groups in total. The Balaban J connectivity index is 1.73. The number of aryl methyl sites for hydroxylation is 2. The zero-order chi connectivity index (χ0) is 18.4. The average Bonchev–Trinajstić information content (AvgIpc) is 2.93. The molecule has 1 saturated heterocycles. The molecule has 2 aliphatic rings. The lowest BCUT2D eigenvalue weighted by molar-refractivity contribution is -0.136. The normalized spacial score (nSPS) is 26.2. The molecule has 0 bridgehead atoms. The lowest BCUT2D eigenvalue weighted by Gasteiger charge is -2.36. The first-order chi connectivity index (χ1) is 11.8. The quantitative estimate of drug-likeness (QED) is 0.810. The highest BCUT2D eigenvalue weighted by Crippen LogP contribution is 2.38. The first-order valence-electron chi connectivity index (χ1n) is 8.70. The molecule has 1 aromatic rings. The van der Waals surface area contributed by atoms with Gasteiger partial charge in [-0.15, -0.1) is 0 Å². The smallest absolute Gasteiger partial charge is 0.323 e. The van der Waals surface area contributed by atoms with Crippen LogP contribution in [0, 0.1) is 19.8 Å². The van der Waals surface area contributed by atoms with Gasteiger partial charge in [-0.1, -0.05) is 19.8 Å². The third-order valence-corrected chi connectivity index (χ3v) is 5.58. The topological polar surface area (TPSA) is 96.3 Å². The van der Waals surface area contributed by atoms with E-state index in [1.54, 1.807) is 18.7 Å². The second-order valence-electron chi connectivity index (χ2n) is 7.16. The van der Waals surface area contributed by atoms with E-state index in [1.165, 1.54) is 0 Å². The number of urea groups is 1. The average molecular weight is 347 g/mol. The molecule has 8 nitrogen and oxygen atoms in total. The van der Waals surface area contributed by atoms with Crippen molar-refractivity contribution in [3.8, 4) is 0 Å². The van der Waals surface area contributed by atoms with Crippen LogP contribution >= 0.6 is 0 Å². The molecule has 2 fully saturated rings. The Kier molecular flexibility index (Phi) is 4.30. The second kappa shape index (κ2) is 6.16. The summed E-state index contributed by atoms with van der Waals surface area (Å²) in [5.41, 5.74) is 1.30. The molecule has 1 spiro atoms. The number of hydrogen-bond acceptors (Lipinski definition) is 4. The van der Waals surface area contributed by atoms with Crippen LogP contribution in [0.15, 0.2) is 0 Å². The Morgan fingerprint density at radius 1 is 1.36 bits per heavy atom. The minimum absolute atomic E-state index is 0.0774. The number of anilines is 1. The van der Waals surface area contributed by atoms with E-state index in [1.807, 2.05) is 13.8 Å². The van der Waals surface area contributed by atoms with Gasteiger partial charge in [-0.2, -0.15) is 5.10 Å². The fourth-order valence-corrected chi connectivity index (χ4v) is 3.92. The number of nitrogens with one attached hydrogen (secondary N) is 2. The van der Waals surface area contributed by atoms with Crippen LogP contribution in [-0.4, -0.2) is 44.6 Å². The molecule has 0 aromatic carbocycles. The SMILES string of the molecule is Cc1nn(C)c(C)c1NC(=O)CN1C(=O)N[C@@]2(CCCC[C@H]2C)C1=O. The third kappa shape index (κ3) is 2.79. The summed E-state index contributed by atoms with van der Waals surface area (Å²) in [4.78, 5) is 38.6. The Morgan fingerprint density at radius 3 is 2.68 bits per heavy atom. The van der Waals surface area contributed by atoms with Crippen LogP contribution in [0.25, 0.3) is 0 Å². The number of nitrogens with zero attached hydrogens (tertiary/aromatic N) is 3. The van der Waals surface area contributed by atoms with Crippen molar-refractivity contribution in [1.82, 2.24) is 20.0 Å². The van der Waals surface area contributed by atoms with Crippen LogP contribution in [0.1, 0.15) is 44.0 Å². The molecule has 4 amide bonds. The summed E-state index contributed by atoms with van der Waals surface area (Å²) in [7, 11) is 1.80. The Morgan fingerprint density at radius 2 is 2.08 bits per heavy atom. The van der Waals surface area contributed by atoms with Crippen molar-refractivity contribution in [3.05, 3.63) is 11.4 Å². The summed E-state index contributed by atoms with van der Waals surface area (Å²) in [5.74, 6) is -0.601. The molecule has 1 aliphatic heterocycles. The largest absolute Gasteiger partial charge is 0.325 e. The number of rotatable bonds is 3. The zero-order valence-electron chi connectivity index (χ0n) is 15.2. The van der Waals surface area contributed by atoms with E-state index < -0.39 is 17.5 Å². The summed E-state index contributed by atoms with van der Waals surface area (Å²) in [5, 5.41) is 9.88. The first-order valence-corrected chi connectivity index (χ1v) is 8.70. The molecule has 2 heterocycles. The van der Waals surface area contributed by atoms with Gasteiger partial charge in [-0.05, 0) is 32.6 Å². The van der Waals surface area contributed by atoms with Gasteiger partial charge in [0.2, 0.25) is 5.91 Å². The van der Waals surface area contributed by atoms with Crippen molar-refractivity contribution in [2.75, 3.05) is 11.9 Å². The zero-order valence-corrected chi connectivity index (χ0v) is 15.2. The van der Waals surface area contributed by atoms with Gasteiger partial charge in [0.15, 0.2) is 0 Å². The molecular weight excluding hydrogens is 322 g/mol. The van der Waals surface area contributed by atoms with Crippen LogP contribution in [0.3, 0.4) is 0 Å². The first kappa shape index (κ1) is 17.4. The van der Waals surface area contributed by atoms with E-state index in [9.17, 15) is 14.4 Å². The Bertz CT molecular complexity index is 741. The van der Waals surface area contributed by atoms with Crippen molar-refractivity contribution in [2.45, 2.75) is 52.0 Å². The highest BCUT2D eigenvalue weighted by molar-refractivity contribution is 6.10. The number of hydrogen-bond donors (Lipinski definition) is 2. The standard InChI is InChI=1S/C17H25N5O3/c1-10-7-5-6-8-17(10)15(24)22(16(25)19-17)9-13(23)18-14-11(2)20-21(4)12(14)3/h10H,5-9H2,1-4H3,(H,18,23)(H,19,25)/t10-,17-/m1/s1. The van der Waals surface area contributed by atoms with Crippen LogP contribution in [0.5, 0.6) is 0 Å². The summed E-state index contributed by atoms with van der Waals surface area (Å²) in [6, 6.07) is -0.478. The number of amides is 4. The van der Waals surface area contributed by atoms with E-state index in [2.05, 4.69) is 15.7 Å². The van der Waals surface area contributed by atoms with E-state index in [4.69, 9.17) is 0 Å². The van der Waals surface area contributed by atoms with E-state index >= 15 is 0 Å². The maximum absolute atomic E-state index is 12.9. The maximum Gasteiger partial charge on any atom is 0.325 e. The Hall–Kier alpha value is -2.38. The van der Waals surface area contributed by atoms with Crippen molar-refractivity contribution in [3.63, 3.8) is 0 Å². The van der Waals surface area contributed by atoms with Crippen molar-refractivity contribution in [2.24, 2.45) is 13.0 Å². The van der Waals surface area contributed by atoms with Crippen molar-refractivity contribution in [1.29, 1.82) is 0 Å². The fourth-order valence-electron chi connectivity index (χ4n) is 3.92. The lowest BCUT2D eigenvalue weighted by atomic mass is 9.73. The van der Waals surface area contributed by atoms with Gasteiger partial charge >= 0.3 is 6.03 Å². The second-order valence-corrected chi connectivity index (χ2v) is 7.16. The third-order valence-electron chi connectivity index (χ3n) is 5.58. The summed E-state index contributed by atoms with van der Waals surface area (Å²) >= 11 is 0. The molecule has 1 saturated carbocycles. The predicted molar refractivity (Wildman–Crippen MR) is 91.9 cm³/mol. The molecule has 0 radical (unpaired) electrons. The molecule has 1 aliphatic carbocycles. The number of carbonyl (C=O) groups excluding carboxylic acids is 3. The van der Waals surface area contributed by atoms with Gasteiger partial charge < -0.3 is 10.6 Å². The van der Waals surface area contributed by atoms with Gasteiger partial charge in [0.05, 0.1) is 17.1 Å². The summed E-state index contributed by atoms with van der Waals surface area (Å²) in [6.45, 7) is 5.35. The molecular formula is C17H25N5O3. The molecule has 8 heteroatoms. The molecule has 2 atom stereocenters. The molecule has 25 heavy (non-hydrogen) atoms. The predicted octanol–water partition coefficient (Wildman–Crippen LogP) is 1.48. The monoisotopic (exact) mass is 347 g/mol. The van der Waals surface area contributed by atoms with Crippen molar-refractivity contribution < 1.29 is 14.4 Å². The van der Waals surface area contributed by atoms with Gasteiger partial charge in [0.25, 0.3) is 5.91 Å². The van der Waals surface area contributed by atoms with E-state index in [0.717, 1.165) is 29.9 Å². The minimum Gasteiger partial charge on any atom is -0.323 e. The lowest BCUT2D eigenvalue weighted by Crippen LogP contribution is -2.54. The number of aromatic nitrogens is 2. The Labute approximate surface area is 146 Å². The van der Waals surface area contributed by atoms with Gasteiger partial charge in [-0.3, -0.25) is 19.2 Å². The summed E-state index contributed by atoms with van der Waals surface area (Å²) in [6.07, 6.45) is 3.51. The highest BCUT2D eigenvalue weighted by Gasteiger charge is 2.55. The minimum atomic E-state index is -0.838. The number of imide groups is 1. The highest BCUT2D eigenvalue weighted by atomic mass is 16.2. The van der Waals surface area contributed by atoms with Gasteiger partial charge in [0, 0.05) is 7.05 Å². The summed E-state index contributed by atoms with van der Waals surface area (Å²) < 4.78 is 1.68. The van der Waals surface area contributed by atoms with E-state index in [0.29, 0.717) is 17.8 Å². The van der Waals surface area contributed by atoms with Gasteiger partial charge in [0.1, 0.15) is 12.1 Å². The van der Waals surface area contributed by atoms with Crippen molar-refractivity contribution >= 4 is 23.5 Å². The molecule has 3 rings (SSSR count). The van der Waals surface area contributed by atoms with Gasteiger partial charge in [-0.25, -0.2) is 4.79 Å². The fraction of sp³-hybridized carbons (Fsp3) is 0.647. The van der Waals surface area contributed by atoms with Crippen LogP contribution < -0.4 is 10.6 Å². The molecule has 1 aromatic heterocycles. The number of carbonyl (C=O) groups is 3.